The number of hydrogen-bond acceptors (Lipinski definition) is 10. The molecule has 0 amide bonds. The molecule has 3 aliphatic rings. The van der Waals surface area contributed by atoms with Crippen molar-refractivity contribution < 1.29 is 9.47 Å². The number of nitrogens with two attached hydrogens (primary N) is 1. The van der Waals surface area contributed by atoms with Gasteiger partial charge in [-0.1, -0.05) is 19.3 Å². The van der Waals surface area contributed by atoms with E-state index in [1.54, 1.807) is 18.4 Å². The molecule has 2 aliphatic heterocycles. The van der Waals surface area contributed by atoms with E-state index in [-0.39, 0.29) is 5.92 Å². The van der Waals surface area contributed by atoms with E-state index >= 15 is 0 Å². The van der Waals surface area contributed by atoms with Crippen LogP contribution in [0.2, 0.25) is 0 Å². The number of nitrogens with zero attached hydrogens (tertiary/aromatic N) is 4. The summed E-state index contributed by atoms with van der Waals surface area (Å²) in [4.78, 5) is 12.7. The normalized spacial score (nSPS) is 22.5. The molecule has 0 spiro atoms. The average molecular weight is 509 g/mol. The summed E-state index contributed by atoms with van der Waals surface area (Å²) in [6, 6.07) is 6.17. The third kappa shape index (κ3) is 4.21. The van der Waals surface area contributed by atoms with Crippen LogP contribution >= 0.6 is 11.3 Å². The Balaban J connectivity index is 1.34. The van der Waals surface area contributed by atoms with E-state index in [0.717, 1.165) is 85.2 Å². The van der Waals surface area contributed by atoms with Crippen LogP contribution in [-0.4, -0.2) is 54.6 Å². The number of benzene rings is 1. The lowest BCUT2D eigenvalue weighted by atomic mass is 9.76. The summed E-state index contributed by atoms with van der Waals surface area (Å²) in [5.74, 6) is 2.23. The Hall–Kier alpha value is -3.15. The maximum atomic E-state index is 7.24. The van der Waals surface area contributed by atoms with Gasteiger partial charge in [-0.3, -0.25) is 10.1 Å². The van der Waals surface area contributed by atoms with E-state index in [1.807, 2.05) is 17.8 Å². The predicted octanol–water partition coefficient (Wildman–Crippen LogP) is 3.96. The number of anilines is 3. The molecule has 190 valence electrons. The molecule has 0 bridgehead atoms. The molecule has 10 nitrogen and oxygen atoms in total. The third-order valence-electron chi connectivity index (χ3n) is 7.42. The minimum Gasteiger partial charge on any atom is -0.494 e. The highest BCUT2D eigenvalue weighted by atomic mass is 32.1. The van der Waals surface area contributed by atoms with Gasteiger partial charge >= 0.3 is 0 Å². The minimum absolute atomic E-state index is 0.221. The summed E-state index contributed by atoms with van der Waals surface area (Å²) in [7, 11) is 1.68. The van der Waals surface area contributed by atoms with Crippen molar-refractivity contribution in [3.8, 4) is 16.3 Å². The summed E-state index contributed by atoms with van der Waals surface area (Å²) < 4.78 is 11.2. The van der Waals surface area contributed by atoms with Gasteiger partial charge in [0.1, 0.15) is 11.4 Å². The fourth-order valence-electron chi connectivity index (χ4n) is 5.55. The van der Waals surface area contributed by atoms with Crippen molar-refractivity contribution in [2.45, 2.75) is 37.8 Å². The fraction of sp³-hybridized carbons (Fsp3) is 0.480. The van der Waals surface area contributed by atoms with Crippen LogP contribution in [0.4, 0.5) is 17.2 Å². The largest absolute Gasteiger partial charge is 0.494 e. The number of ether oxygens (including phenoxy) is 2. The summed E-state index contributed by atoms with van der Waals surface area (Å²) in [6.45, 7) is 3.20. The van der Waals surface area contributed by atoms with Crippen LogP contribution in [0, 0.1) is 5.92 Å². The summed E-state index contributed by atoms with van der Waals surface area (Å²) in [5, 5.41) is 14.6. The molecule has 1 atom stereocenters. The Labute approximate surface area is 214 Å². The van der Waals surface area contributed by atoms with E-state index in [4.69, 9.17) is 20.2 Å². The maximum absolute atomic E-state index is 7.24. The monoisotopic (exact) mass is 508 g/mol. The summed E-state index contributed by atoms with van der Waals surface area (Å²) in [5.41, 5.74) is 11.9. The quantitative estimate of drug-likeness (QED) is 0.408. The molecule has 1 aromatic carbocycles. The number of aromatic amines is 1. The molecule has 1 unspecified atom stereocenters. The van der Waals surface area contributed by atoms with Crippen LogP contribution in [0.3, 0.4) is 0 Å². The smallest absolute Gasteiger partial charge is 0.203 e. The Bertz CT molecular complexity index is 1230. The average Bonchev–Trinajstić information content (AvgIpc) is 3.61. The standard InChI is InChI=1S/C25H32N8O2S/c1-34-19-13-17(33-9-11-35-12-10-33)7-8-18(19)28-24-29-23-21(22(31-32-23)20-14-27-15-36-20)25(26,30-24)16-5-3-2-4-6-16/h7-8,13-16H,2-6,9-12,26H2,1H3,(H3,28,29,30,31,32). The highest BCUT2D eigenvalue weighted by Crippen LogP contribution is 2.47. The van der Waals surface area contributed by atoms with Gasteiger partial charge in [-0.2, -0.15) is 5.10 Å². The van der Waals surface area contributed by atoms with Crippen LogP contribution in [0.15, 0.2) is 34.9 Å². The van der Waals surface area contributed by atoms with Crippen molar-refractivity contribution in [3.63, 3.8) is 0 Å². The molecule has 1 saturated heterocycles. The molecule has 6 rings (SSSR count). The number of hydrogen-bond donors (Lipinski definition) is 4. The number of rotatable bonds is 5. The number of nitrogens with one attached hydrogen (secondary N) is 3. The Kier molecular flexibility index (Phi) is 6.28. The first-order valence-corrected chi connectivity index (χ1v) is 13.4. The van der Waals surface area contributed by atoms with Gasteiger partial charge in [0.25, 0.3) is 0 Å². The lowest BCUT2D eigenvalue weighted by Crippen LogP contribution is -2.48. The van der Waals surface area contributed by atoms with Gasteiger partial charge in [-0.05, 0) is 25.0 Å². The molecule has 2 aromatic heterocycles. The summed E-state index contributed by atoms with van der Waals surface area (Å²) >= 11 is 1.56. The van der Waals surface area contributed by atoms with E-state index in [9.17, 15) is 0 Å². The van der Waals surface area contributed by atoms with Crippen molar-refractivity contribution in [2.24, 2.45) is 16.6 Å². The third-order valence-corrected chi connectivity index (χ3v) is 8.21. The number of morpholine rings is 1. The molecule has 1 saturated carbocycles. The van der Waals surface area contributed by atoms with Crippen molar-refractivity contribution in [1.82, 2.24) is 15.2 Å². The minimum atomic E-state index is -0.906. The van der Waals surface area contributed by atoms with E-state index < -0.39 is 5.66 Å². The van der Waals surface area contributed by atoms with E-state index in [1.165, 1.54) is 6.42 Å². The highest BCUT2D eigenvalue weighted by Gasteiger charge is 2.45. The molecular weight excluding hydrogens is 476 g/mol. The fourth-order valence-corrected chi connectivity index (χ4v) is 6.17. The first-order chi connectivity index (χ1) is 17.7. The Morgan fingerprint density at radius 3 is 2.81 bits per heavy atom. The molecule has 4 heterocycles. The first-order valence-electron chi connectivity index (χ1n) is 12.6. The van der Waals surface area contributed by atoms with Gasteiger partial charge in [-0.25, -0.2) is 4.99 Å². The molecule has 2 fully saturated rings. The topological polar surface area (TPSA) is 126 Å². The number of aromatic nitrogens is 3. The number of fused-ring (bicyclic) bond motifs is 1. The zero-order chi connectivity index (χ0) is 24.5. The van der Waals surface area contributed by atoms with Gasteiger partial charge in [0.2, 0.25) is 5.96 Å². The number of H-pyrrole nitrogens is 1. The number of guanidine groups is 1. The van der Waals surface area contributed by atoms with Crippen LogP contribution in [-0.2, 0) is 10.4 Å². The molecular formula is C25H32N8O2S. The molecule has 3 aromatic rings. The van der Waals surface area contributed by atoms with E-state index in [0.29, 0.717) is 11.8 Å². The maximum Gasteiger partial charge on any atom is 0.203 e. The van der Waals surface area contributed by atoms with Crippen molar-refractivity contribution >= 4 is 34.5 Å². The Morgan fingerprint density at radius 1 is 1.22 bits per heavy atom. The van der Waals surface area contributed by atoms with Crippen LogP contribution in [0.1, 0.15) is 37.7 Å². The second-order valence-corrected chi connectivity index (χ2v) is 10.4. The van der Waals surface area contributed by atoms with Gasteiger partial charge in [0.15, 0.2) is 5.82 Å². The molecule has 0 radical (unpaired) electrons. The number of methoxy groups -OCH3 is 1. The van der Waals surface area contributed by atoms with Gasteiger partial charge < -0.3 is 30.7 Å². The Morgan fingerprint density at radius 2 is 2.06 bits per heavy atom. The SMILES string of the molecule is COc1cc(N2CCOCC2)ccc1NC1=NC(N)(C2CCCCC2)c2c(n[nH]c2-c2cncs2)N1. The van der Waals surface area contributed by atoms with Gasteiger partial charge in [-0.15, -0.1) is 11.3 Å². The van der Waals surface area contributed by atoms with Gasteiger partial charge in [0, 0.05) is 37.0 Å². The summed E-state index contributed by atoms with van der Waals surface area (Å²) in [6.07, 6.45) is 7.49. The lowest BCUT2D eigenvalue weighted by Gasteiger charge is -2.39. The van der Waals surface area contributed by atoms with Crippen LogP contribution in [0.5, 0.6) is 5.75 Å². The molecule has 11 heteroatoms. The van der Waals surface area contributed by atoms with Gasteiger partial charge in [0.05, 0.1) is 47.7 Å². The zero-order valence-electron chi connectivity index (χ0n) is 20.4. The second kappa shape index (κ2) is 9.72. The van der Waals surface area contributed by atoms with E-state index in [2.05, 4.69) is 42.8 Å². The predicted molar refractivity (Wildman–Crippen MR) is 143 cm³/mol. The number of thiazole rings is 1. The lowest BCUT2D eigenvalue weighted by molar-refractivity contribution is 0.122. The molecule has 1 aliphatic carbocycles. The van der Waals surface area contributed by atoms with Crippen molar-refractivity contribution in [3.05, 3.63) is 35.5 Å². The zero-order valence-corrected chi connectivity index (χ0v) is 21.2. The highest BCUT2D eigenvalue weighted by molar-refractivity contribution is 7.13. The molecule has 36 heavy (non-hydrogen) atoms. The molecule has 5 N–H and O–H groups in total. The van der Waals surface area contributed by atoms with Crippen LogP contribution in [0.25, 0.3) is 10.6 Å². The van der Waals surface area contributed by atoms with Crippen LogP contribution < -0.4 is 26.0 Å². The number of aliphatic imine (C=N–C) groups is 1. The van der Waals surface area contributed by atoms with Crippen molar-refractivity contribution in [1.29, 1.82) is 0 Å². The first kappa shape index (κ1) is 23.3. The van der Waals surface area contributed by atoms with Crippen molar-refractivity contribution in [2.75, 3.05) is 48.9 Å². The second-order valence-electron chi connectivity index (χ2n) is 9.54.